The Hall–Kier alpha value is -2.38. The first-order chi connectivity index (χ1) is 12.3. The van der Waals surface area contributed by atoms with Crippen LogP contribution in [0.1, 0.15) is 6.23 Å². The van der Waals surface area contributed by atoms with Gasteiger partial charge in [-0.2, -0.15) is 17.6 Å². The number of ether oxygens (including phenoxy) is 1. The maximum absolute atomic E-state index is 14.4. The first-order valence-corrected chi connectivity index (χ1v) is 7.79. The summed E-state index contributed by atoms with van der Waals surface area (Å²) in [5.41, 5.74) is 5.21. The molecule has 1 aliphatic heterocycles. The minimum Gasteiger partial charge on any atom is -0.480 e. The molecule has 5 atom stereocenters. The minimum atomic E-state index is -2.28. The first-order valence-electron chi connectivity index (χ1n) is 7.16. The van der Waals surface area contributed by atoms with Crippen molar-refractivity contribution >= 4 is 24.4 Å². The fourth-order valence-electron chi connectivity index (χ4n) is 2.33. The Morgan fingerprint density at radius 1 is 1.69 bits per heavy atom. The average molecular weight is 390 g/mol. The van der Waals surface area contributed by atoms with Crippen molar-refractivity contribution in [3.05, 3.63) is 33.2 Å². The number of carbonyl (C=O) groups is 1. The number of halogens is 1. The molecular weight excluding hydrogens is 375 g/mol. The third-order valence-electron chi connectivity index (χ3n) is 3.71. The van der Waals surface area contributed by atoms with Crippen LogP contribution in [-0.4, -0.2) is 67.2 Å². The highest BCUT2D eigenvalue weighted by molar-refractivity contribution is 7.80. The summed E-state index contributed by atoms with van der Waals surface area (Å²) in [6.45, 7) is -1.01. The number of aliphatic hydroxyl groups is 2. The summed E-state index contributed by atoms with van der Waals surface area (Å²) < 4.78 is 20.2. The van der Waals surface area contributed by atoms with E-state index in [4.69, 9.17) is 15.4 Å². The maximum atomic E-state index is 14.4. The van der Waals surface area contributed by atoms with E-state index in [9.17, 15) is 24.2 Å². The molecule has 4 N–H and O–H groups in total. The number of anilines is 1. The van der Waals surface area contributed by atoms with E-state index in [1.165, 1.54) is 6.07 Å². The Kier molecular flexibility index (Phi) is 6.05. The van der Waals surface area contributed by atoms with Crippen molar-refractivity contribution in [2.45, 2.75) is 30.3 Å². The van der Waals surface area contributed by atoms with Gasteiger partial charge < -0.3 is 25.4 Å². The molecule has 1 aromatic heterocycles. The largest absolute Gasteiger partial charge is 0.480 e. The van der Waals surface area contributed by atoms with Crippen LogP contribution in [0.25, 0.3) is 10.4 Å². The lowest BCUT2D eigenvalue weighted by molar-refractivity contribution is -0.137. The number of aromatic nitrogens is 2. The molecule has 0 radical (unpaired) electrons. The Bertz CT molecular complexity index is 788. The first kappa shape index (κ1) is 19.9. The Morgan fingerprint density at radius 2 is 2.38 bits per heavy atom. The molecule has 142 valence electrons. The standard InChI is InChI=1S/C12H15FN6O6S/c13-7-8(21)12(4-20,17-18-14)25-9(7)19-2-1-6(16-11(19)24)15-5(3-26)10(22)23/h1-2,5,7-9,20-21,26H,3-4H2,(H,22,23)(H,15,16,24)/t5-,7-,8?,9?,12+/m0/s1. The van der Waals surface area contributed by atoms with Gasteiger partial charge in [-0.15, -0.1) is 0 Å². The Balaban J connectivity index is 2.31. The number of nitrogens with zero attached hydrogens (tertiary/aromatic N) is 5. The molecule has 0 spiro atoms. The Labute approximate surface area is 150 Å². The topological polar surface area (TPSA) is 183 Å². The molecule has 0 aliphatic carbocycles. The van der Waals surface area contributed by atoms with Gasteiger partial charge in [-0.1, -0.05) is 5.11 Å². The molecule has 1 saturated heterocycles. The van der Waals surface area contributed by atoms with Crippen molar-refractivity contribution in [2.24, 2.45) is 5.11 Å². The molecule has 2 rings (SSSR count). The summed E-state index contributed by atoms with van der Waals surface area (Å²) in [7, 11) is 0. The molecule has 14 heteroatoms. The van der Waals surface area contributed by atoms with E-state index in [0.717, 1.165) is 6.20 Å². The van der Waals surface area contributed by atoms with Crippen LogP contribution in [0.4, 0.5) is 10.2 Å². The van der Waals surface area contributed by atoms with Crippen molar-refractivity contribution in [1.29, 1.82) is 0 Å². The molecule has 1 fully saturated rings. The van der Waals surface area contributed by atoms with Crippen LogP contribution >= 0.6 is 12.6 Å². The third kappa shape index (κ3) is 3.59. The smallest absolute Gasteiger partial charge is 0.351 e. The van der Waals surface area contributed by atoms with Crippen molar-refractivity contribution < 1.29 is 29.2 Å². The molecule has 1 aliphatic rings. The molecule has 0 amide bonds. The monoisotopic (exact) mass is 390 g/mol. The van der Waals surface area contributed by atoms with E-state index in [1.54, 1.807) is 0 Å². The van der Waals surface area contributed by atoms with Gasteiger partial charge in [-0.05, 0) is 11.6 Å². The highest BCUT2D eigenvalue weighted by Crippen LogP contribution is 2.39. The number of azide groups is 1. The van der Waals surface area contributed by atoms with Crippen LogP contribution in [0.5, 0.6) is 0 Å². The number of carboxylic acids is 1. The fourth-order valence-corrected chi connectivity index (χ4v) is 2.58. The lowest BCUT2D eigenvalue weighted by atomic mass is 10.1. The van der Waals surface area contributed by atoms with E-state index in [0.29, 0.717) is 4.57 Å². The number of aliphatic carboxylic acids is 1. The Morgan fingerprint density at radius 3 is 2.88 bits per heavy atom. The lowest BCUT2D eigenvalue weighted by Crippen LogP contribution is -2.43. The summed E-state index contributed by atoms with van der Waals surface area (Å²) in [6.07, 6.45) is -4.87. The van der Waals surface area contributed by atoms with Crippen LogP contribution in [0.3, 0.4) is 0 Å². The predicted molar refractivity (Wildman–Crippen MR) is 87.4 cm³/mol. The summed E-state index contributed by atoms with van der Waals surface area (Å²) >= 11 is 3.86. The van der Waals surface area contributed by atoms with Crippen LogP contribution in [0.2, 0.25) is 0 Å². The number of alkyl halides is 1. The van der Waals surface area contributed by atoms with Crippen LogP contribution in [-0.2, 0) is 9.53 Å². The van der Waals surface area contributed by atoms with Crippen molar-refractivity contribution in [2.75, 3.05) is 17.7 Å². The zero-order chi connectivity index (χ0) is 19.5. The van der Waals surface area contributed by atoms with Gasteiger partial charge in [-0.3, -0.25) is 4.57 Å². The average Bonchev–Trinajstić information content (AvgIpc) is 2.85. The van der Waals surface area contributed by atoms with Gasteiger partial charge in [0.15, 0.2) is 12.4 Å². The highest BCUT2D eigenvalue weighted by Gasteiger charge is 2.56. The van der Waals surface area contributed by atoms with Gasteiger partial charge >= 0.3 is 11.7 Å². The van der Waals surface area contributed by atoms with Crippen LogP contribution in [0, 0.1) is 0 Å². The molecule has 0 bridgehead atoms. The SMILES string of the molecule is [N-]=[N+]=N[C@]1(CO)OC(n2ccc(N[C@@H](CS)C(=O)O)nc2=O)[C@@H](F)C1O. The second-order valence-corrected chi connectivity index (χ2v) is 5.68. The molecular formula is C12H15FN6O6S. The van der Waals surface area contributed by atoms with Crippen molar-refractivity contribution in [3.63, 3.8) is 0 Å². The summed E-state index contributed by atoms with van der Waals surface area (Å²) in [5, 5.41) is 33.7. The minimum absolute atomic E-state index is 0.0736. The number of hydrogen-bond acceptors (Lipinski definition) is 9. The van der Waals surface area contributed by atoms with Gasteiger partial charge in [0.05, 0.1) is 6.61 Å². The van der Waals surface area contributed by atoms with Crippen LogP contribution < -0.4 is 11.0 Å². The van der Waals surface area contributed by atoms with Crippen molar-refractivity contribution in [3.8, 4) is 0 Å². The molecule has 1 aromatic rings. The number of carboxylic acid groups (broad SMARTS) is 1. The van der Waals surface area contributed by atoms with Crippen molar-refractivity contribution in [1.82, 2.24) is 9.55 Å². The zero-order valence-corrected chi connectivity index (χ0v) is 13.9. The van der Waals surface area contributed by atoms with Gasteiger partial charge in [0.1, 0.15) is 18.0 Å². The van der Waals surface area contributed by atoms with Gasteiger partial charge in [-0.25, -0.2) is 14.0 Å². The molecule has 12 nitrogen and oxygen atoms in total. The molecule has 0 aromatic carbocycles. The molecule has 0 saturated carbocycles. The van der Waals surface area contributed by atoms with E-state index >= 15 is 0 Å². The second kappa shape index (κ2) is 7.88. The molecule has 2 heterocycles. The van der Waals surface area contributed by atoms with Gasteiger partial charge in [0, 0.05) is 16.9 Å². The van der Waals surface area contributed by atoms with Gasteiger partial charge in [0.2, 0.25) is 5.72 Å². The van der Waals surface area contributed by atoms with Gasteiger partial charge in [0.25, 0.3) is 0 Å². The number of rotatable bonds is 7. The normalized spacial score (nSPS) is 29.0. The summed E-state index contributed by atoms with van der Waals surface area (Å²) in [4.78, 5) is 29.1. The lowest BCUT2D eigenvalue weighted by Gasteiger charge is -2.23. The van der Waals surface area contributed by atoms with Crippen LogP contribution in [0.15, 0.2) is 22.2 Å². The second-order valence-electron chi connectivity index (χ2n) is 5.31. The fraction of sp³-hybridized carbons (Fsp3) is 0.583. The summed E-state index contributed by atoms with van der Waals surface area (Å²) in [5.74, 6) is -1.38. The molecule has 26 heavy (non-hydrogen) atoms. The quantitative estimate of drug-likeness (QED) is 0.175. The number of nitrogens with one attached hydrogen (secondary N) is 1. The zero-order valence-electron chi connectivity index (χ0n) is 13.0. The van der Waals surface area contributed by atoms with E-state index in [1.807, 2.05) is 0 Å². The highest BCUT2D eigenvalue weighted by atomic mass is 32.1. The van der Waals surface area contributed by atoms with E-state index < -0.39 is 48.5 Å². The predicted octanol–water partition coefficient (Wildman–Crippen LogP) is -0.735. The third-order valence-corrected chi connectivity index (χ3v) is 4.07. The number of aliphatic hydroxyl groups excluding tert-OH is 2. The number of hydrogen-bond donors (Lipinski definition) is 5. The summed E-state index contributed by atoms with van der Waals surface area (Å²) in [6, 6.07) is 0.0852. The maximum Gasteiger partial charge on any atom is 0.351 e. The van der Waals surface area contributed by atoms with E-state index in [-0.39, 0.29) is 11.6 Å². The van der Waals surface area contributed by atoms with E-state index in [2.05, 4.69) is 33.0 Å². The molecule has 2 unspecified atom stereocenters. The number of thiol groups is 1.